The third-order valence-electron chi connectivity index (χ3n) is 5.93. The Morgan fingerprint density at radius 1 is 1.04 bits per heavy atom. The molecule has 3 rings (SSSR count). The quantitative estimate of drug-likeness (QED) is 0.831. The minimum absolute atomic E-state index is 0. The van der Waals surface area contributed by atoms with Gasteiger partial charge in [-0.05, 0) is 59.8 Å². The van der Waals surface area contributed by atoms with Crippen LogP contribution in [-0.2, 0) is 10.8 Å². The molecule has 2 N–H and O–H groups in total. The van der Waals surface area contributed by atoms with E-state index in [4.69, 9.17) is 5.73 Å². The molecule has 0 atom stereocenters. The Hall–Kier alpha value is -1.06. The maximum absolute atomic E-state index is 12.8. The van der Waals surface area contributed by atoms with E-state index in [1.807, 2.05) is 11.0 Å². The number of hydrogen-bond donors (Lipinski definition) is 1. The number of benzene rings is 1. The van der Waals surface area contributed by atoms with Crippen molar-refractivity contribution >= 4 is 18.3 Å². The molecule has 1 aromatic carbocycles. The van der Waals surface area contributed by atoms with Crippen LogP contribution in [0, 0.1) is 0 Å². The summed E-state index contributed by atoms with van der Waals surface area (Å²) in [5.74, 6) is 0.166. The van der Waals surface area contributed by atoms with E-state index in [9.17, 15) is 4.79 Å². The lowest BCUT2D eigenvalue weighted by molar-refractivity contribution is 0.0714. The predicted molar refractivity (Wildman–Crippen MR) is 102 cm³/mol. The van der Waals surface area contributed by atoms with Gasteiger partial charge >= 0.3 is 0 Å². The monoisotopic (exact) mass is 350 g/mol. The second-order valence-corrected chi connectivity index (χ2v) is 8.66. The highest BCUT2D eigenvalue weighted by atomic mass is 35.5. The van der Waals surface area contributed by atoms with Crippen LogP contribution in [0.25, 0.3) is 0 Å². The second kappa shape index (κ2) is 6.68. The van der Waals surface area contributed by atoms with E-state index in [1.54, 1.807) is 0 Å². The standard InChI is InChI=1S/C20H30N2O.ClH/c1-19(2)9-10-20(3,4)17-13-14(5-6-16(17)19)18(23)22-11-7-15(21)8-12-22;/h5-6,13,15H,7-12,21H2,1-4H3;1H. The molecule has 3 nitrogen and oxygen atoms in total. The van der Waals surface area contributed by atoms with E-state index >= 15 is 0 Å². The number of hydrogen-bond acceptors (Lipinski definition) is 2. The molecule has 0 saturated carbocycles. The number of halogens is 1. The van der Waals surface area contributed by atoms with Crippen LogP contribution in [0.1, 0.15) is 74.9 Å². The lowest BCUT2D eigenvalue weighted by Crippen LogP contribution is -2.43. The van der Waals surface area contributed by atoms with E-state index in [1.165, 1.54) is 24.0 Å². The van der Waals surface area contributed by atoms with Gasteiger partial charge in [-0.1, -0.05) is 33.8 Å². The van der Waals surface area contributed by atoms with Crippen molar-refractivity contribution in [2.45, 2.75) is 70.3 Å². The van der Waals surface area contributed by atoms with Crippen molar-refractivity contribution in [1.29, 1.82) is 0 Å². The minimum atomic E-state index is 0. The van der Waals surface area contributed by atoms with Gasteiger partial charge in [0.05, 0.1) is 0 Å². The highest BCUT2D eigenvalue weighted by molar-refractivity contribution is 5.94. The Bertz CT molecular complexity index is 616. The van der Waals surface area contributed by atoms with Crippen LogP contribution in [0.2, 0.25) is 0 Å². The zero-order valence-electron chi connectivity index (χ0n) is 15.4. The minimum Gasteiger partial charge on any atom is -0.339 e. The topological polar surface area (TPSA) is 46.3 Å². The van der Waals surface area contributed by atoms with Crippen LogP contribution in [-0.4, -0.2) is 29.9 Å². The molecule has 0 bridgehead atoms. The summed E-state index contributed by atoms with van der Waals surface area (Å²) in [7, 11) is 0. The van der Waals surface area contributed by atoms with Gasteiger partial charge < -0.3 is 10.6 Å². The van der Waals surface area contributed by atoms with E-state index in [2.05, 4.69) is 39.8 Å². The number of amides is 1. The summed E-state index contributed by atoms with van der Waals surface area (Å²) in [5, 5.41) is 0. The Kier molecular flexibility index (Phi) is 5.37. The molecule has 24 heavy (non-hydrogen) atoms. The molecule has 2 aliphatic rings. The van der Waals surface area contributed by atoms with Crippen molar-refractivity contribution in [3.8, 4) is 0 Å². The number of likely N-dealkylation sites (tertiary alicyclic amines) is 1. The van der Waals surface area contributed by atoms with E-state index in [0.29, 0.717) is 0 Å². The van der Waals surface area contributed by atoms with Gasteiger partial charge in [0.25, 0.3) is 5.91 Å². The molecule has 0 unspecified atom stereocenters. The lowest BCUT2D eigenvalue weighted by Gasteiger charge is -2.42. The zero-order valence-corrected chi connectivity index (χ0v) is 16.2. The van der Waals surface area contributed by atoms with Gasteiger partial charge in [-0.25, -0.2) is 0 Å². The number of piperidine rings is 1. The fraction of sp³-hybridized carbons (Fsp3) is 0.650. The van der Waals surface area contributed by atoms with Crippen molar-refractivity contribution < 1.29 is 4.79 Å². The number of fused-ring (bicyclic) bond motifs is 1. The SMILES string of the molecule is CC1(C)CCC(C)(C)c2cc(C(=O)N3CCC(N)CC3)ccc21.Cl. The fourth-order valence-electron chi connectivity index (χ4n) is 4.01. The molecule has 0 spiro atoms. The molecule has 1 saturated heterocycles. The number of rotatable bonds is 1. The first-order chi connectivity index (χ1) is 10.7. The van der Waals surface area contributed by atoms with Crippen LogP contribution in [0.15, 0.2) is 18.2 Å². The number of carbonyl (C=O) groups is 1. The van der Waals surface area contributed by atoms with Crippen molar-refractivity contribution in [3.63, 3.8) is 0 Å². The molecule has 0 radical (unpaired) electrons. The number of nitrogens with zero attached hydrogens (tertiary/aromatic N) is 1. The second-order valence-electron chi connectivity index (χ2n) is 8.66. The molecule has 1 aliphatic carbocycles. The Labute approximate surface area is 152 Å². The summed E-state index contributed by atoms with van der Waals surface area (Å²) >= 11 is 0. The normalized spacial score (nSPS) is 22.5. The largest absolute Gasteiger partial charge is 0.339 e. The number of nitrogens with two attached hydrogens (primary N) is 1. The molecule has 1 amide bonds. The van der Waals surface area contributed by atoms with Crippen molar-refractivity contribution in [3.05, 3.63) is 34.9 Å². The van der Waals surface area contributed by atoms with Gasteiger partial charge in [-0.15, -0.1) is 12.4 Å². The average molecular weight is 351 g/mol. The highest BCUT2D eigenvalue weighted by Crippen LogP contribution is 2.45. The summed E-state index contributed by atoms with van der Waals surface area (Å²) in [4.78, 5) is 14.8. The first-order valence-electron chi connectivity index (χ1n) is 8.91. The summed E-state index contributed by atoms with van der Waals surface area (Å²) < 4.78 is 0. The fourth-order valence-corrected chi connectivity index (χ4v) is 4.01. The van der Waals surface area contributed by atoms with E-state index < -0.39 is 0 Å². The van der Waals surface area contributed by atoms with Crippen LogP contribution in [0.3, 0.4) is 0 Å². The Morgan fingerprint density at radius 2 is 1.58 bits per heavy atom. The van der Waals surface area contributed by atoms with Crippen LogP contribution in [0.4, 0.5) is 0 Å². The lowest BCUT2D eigenvalue weighted by atomic mass is 9.63. The molecule has 1 heterocycles. The van der Waals surface area contributed by atoms with Crippen LogP contribution in [0.5, 0.6) is 0 Å². The third kappa shape index (κ3) is 3.48. The van der Waals surface area contributed by atoms with Crippen molar-refractivity contribution in [2.75, 3.05) is 13.1 Å². The zero-order chi connectivity index (χ0) is 16.8. The first-order valence-corrected chi connectivity index (χ1v) is 8.91. The molecule has 0 aromatic heterocycles. The molecule has 1 fully saturated rings. The van der Waals surface area contributed by atoms with E-state index in [0.717, 1.165) is 31.5 Å². The first kappa shape index (κ1) is 19.3. The molecule has 1 aromatic rings. The van der Waals surface area contributed by atoms with Gasteiger partial charge in [0.2, 0.25) is 0 Å². The van der Waals surface area contributed by atoms with E-state index in [-0.39, 0.29) is 35.2 Å². The summed E-state index contributed by atoms with van der Waals surface area (Å²) in [6, 6.07) is 6.63. The maximum Gasteiger partial charge on any atom is 0.253 e. The van der Waals surface area contributed by atoms with Gasteiger partial charge in [-0.3, -0.25) is 4.79 Å². The molecular weight excluding hydrogens is 320 g/mol. The molecular formula is C20H31ClN2O. The van der Waals surface area contributed by atoms with Crippen molar-refractivity contribution in [2.24, 2.45) is 5.73 Å². The average Bonchev–Trinajstić information content (AvgIpc) is 2.52. The molecule has 4 heteroatoms. The highest BCUT2D eigenvalue weighted by Gasteiger charge is 2.37. The molecule has 134 valence electrons. The smallest absolute Gasteiger partial charge is 0.253 e. The summed E-state index contributed by atoms with van der Waals surface area (Å²) in [6.07, 6.45) is 4.19. The van der Waals surface area contributed by atoms with Crippen LogP contribution < -0.4 is 5.73 Å². The van der Waals surface area contributed by atoms with Crippen LogP contribution >= 0.6 is 12.4 Å². The Morgan fingerprint density at radius 3 is 2.17 bits per heavy atom. The third-order valence-corrected chi connectivity index (χ3v) is 5.93. The van der Waals surface area contributed by atoms with Gasteiger partial charge in [0, 0.05) is 24.7 Å². The summed E-state index contributed by atoms with van der Waals surface area (Å²) in [6.45, 7) is 10.8. The van der Waals surface area contributed by atoms with Crippen molar-refractivity contribution in [1.82, 2.24) is 4.90 Å². The predicted octanol–water partition coefficient (Wildman–Crippen LogP) is 4.02. The molecule has 1 aliphatic heterocycles. The maximum atomic E-state index is 12.8. The summed E-state index contributed by atoms with van der Waals surface area (Å²) in [5.41, 5.74) is 9.90. The number of carbonyl (C=O) groups excluding carboxylic acids is 1. The van der Waals surface area contributed by atoms with Gasteiger partial charge in [-0.2, -0.15) is 0 Å². The van der Waals surface area contributed by atoms with Gasteiger partial charge in [0.15, 0.2) is 0 Å². The Balaban J connectivity index is 0.00000208. The van der Waals surface area contributed by atoms with Gasteiger partial charge in [0.1, 0.15) is 0 Å².